The first kappa shape index (κ1) is 13.6. The highest BCUT2D eigenvalue weighted by atomic mass is 16.5. The Kier molecular flexibility index (Phi) is 4.24. The molecule has 5 nitrogen and oxygen atoms in total. The highest BCUT2D eigenvalue weighted by Gasteiger charge is 2.12. The number of benzene rings is 1. The summed E-state index contributed by atoms with van der Waals surface area (Å²) >= 11 is 0. The zero-order valence-corrected chi connectivity index (χ0v) is 11.1. The number of rotatable bonds is 5. The van der Waals surface area contributed by atoms with Gasteiger partial charge in [-0.25, -0.2) is 0 Å². The van der Waals surface area contributed by atoms with Crippen LogP contribution in [-0.2, 0) is 13.5 Å². The summed E-state index contributed by atoms with van der Waals surface area (Å²) in [6.45, 7) is 2.44. The van der Waals surface area contributed by atoms with Gasteiger partial charge in [-0.3, -0.25) is 4.68 Å². The van der Waals surface area contributed by atoms with E-state index in [1.807, 2.05) is 24.7 Å². The number of hydrogen-bond acceptors (Lipinski definition) is 4. The molecule has 2 rings (SSSR count). The molecule has 0 amide bonds. The predicted octanol–water partition coefficient (Wildman–Crippen LogP) is 0.0298. The van der Waals surface area contributed by atoms with E-state index in [0.717, 1.165) is 23.4 Å². The van der Waals surface area contributed by atoms with E-state index in [-0.39, 0.29) is 0 Å². The van der Waals surface area contributed by atoms with E-state index in [0.29, 0.717) is 12.1 Å². The molecule has 6 heteroatoms. The van der Waals surface area contributed by atoms with Gasteiger partial charge in [0.25, 0.3) is 0 Å². The van der Waals surface area contributed by atoms with Crippen LogP contribution in [0.4, 0.5) is 0 Å². The van der Waals surface area contributed by atoms with Crippen molar-refractivity contribution in [3.05, 3.63) is 41.7 Å². The average molecular weight is 260 g/mol. The average Bonchev–Trinajstić information content (AvgIpc) is 2.77. The normalized spacial score (nSPS) is 10.5. The SMILES string of the molecule is Cc1cc(B(O)O)ccc1OCCc1ccnn1C. The van der Waals surface area contributed by atoms with Gasteiger partial charge >= 0.3 is 7.12 Å². The molecule has 0 saturated carbocycles. The lowest BCUT2D eigenvalue weighted by Crippen LogP contribution is -2.29. The molecule has 0 unspecified atom stereocenters. The molecule has 0 spiro atoms. The minimum absolute atomic E-state index is 0.469. The molecule has 2 aromatic rings. The Morgan fingerprint density at radius 3 is 2.68 bits per heavy atom. The first-order chi connectivity index (χ1) is 9.08. The van der Waals surface area contributed by atoms with Crippen molar-refractivity contribution >= 4 is 12.6 Å². The first-order valence-electron chi connectivity index (χ1n) is 6.14. The maximum absolute atomic E-state index is 9.08. The lowest BCUT2D eigenvalue weighted by Gasteiger charge is -2.10. The molecule has 0 aliphatic heterocycles. The molecule has 0 aliphatic carbocycles. The van der Waals surface area contributed by atoms with Gasteiger partial charge in [-0.1, -0.05) is 12.1 Å². The molecule has 0 radical (unpaired) electrons. The maximum Gasteiger partial charge on any atom is 0.488 e. The van der Waals surface area contributed by atoms with Crippen LogP contribution in [0.5, 0.6) is 5.75 Å². The molecule has 1 heterocycles. The van der Waals surface area contributed by atoms with E-state index >= 15 is 0 Å². The van der Waals surface area contributed by atoms with Crippen molar-refractivity contribution in [2.45, 2.75) is 13.3 Å². The van der Waals surface area contributed by atoms with Crippen molar-refractivity contribution in [3.8, 4) is 5.75 Å². The van der Waals surface area contributed by atoms with Gasteiger partial charge in [0.05, 0.1) is 6.61 Å². The summed E-state index contributed by atoms with van der Waals surface area (Å²) in [5, 5.41) is 22.2. The lowest BCUT2D eigenvalue weighted by atomic mass is 9.79. The van der Waals surface area contributed by atoms with E-state index in [1.165, 1.54) is 0 Å². The topological polar surface area (TPSA) is 67.5 Å². The quantitative estimate of drug-likeness (QED) is 0.744. The number of nitrogens with zero attached hydrogens (tertiary/aromatic N) is 2. The van der Waals surface area contributed by atoms with Crippen LogP contribution in [0.15, 0.2) is 30.5 Å². The second kappa shape index (κ2) is 5.90. The van der Waals surface area contributed by atoms with Crippen molar-refractivity contribution in [3.63, 3.8) is 0 Å². The first-order valence-corrected chi connectivity index (χ1v) is 6.14. The predicted molar refractivity (Wildman–Crippen MR) is 73.4 cm³/mol. The number of ether oxygens (including phenoxy) is 1. The standard InChI is InChI=1S/C13H17BN2O3/c1-10-9-11(14(17)18)3-4-13(10)19-8-6-12-5-7-15-16(12)2/h3-5,7,9,17-18H,6,8H2,1-2H3. The molecule has 1 aromatic carbocycles. The number of aryl methyl sites for hydroxylation is 2. The molecule has 0 aliphatic rings. The van der Waals surface area contributed by atoms with Crippen LogP contribution in [0.3, 0.4) is 0 Å². The third-order valence-corrected chi connectivity index (χ3v) is 3.04. The van der Waals surface area contributed by atoms with Gasteiger partial charge in [0, 0.05) is 25.4 Å². The molecule has 100 valence electrons. The van der Waals surface area contributed by atoms with Crippen LogP contribution >= 0.6 is 0 Å². The van der Waals surface area contributed by atoms with Crippen LogP contribution in [0.2, 0.25) is 0 Å². The molecule has 0 atom stereocenters. The third-order valence-electron chi connectivity index (χ3n) is 3.04. The van der Waals surface area contributed by atoms with Gasteiger partial charge in [-0.15, -0.1) is 0 Å². The third kappa shape index (κ3) is 3.36. The van der Waals surface area contributed by atoms with Gasteiger partial charge in [-0.05, 0) is 30.1 Å². The molecule has 1 aromatic heterocycles. The van der Waals surface area contributed by atoms with E-state index in [4.69, 9.17) is 14.8 Å². The molecule has 0 saturated heterocycles. The highest BCUT2D eigenvalue weighted by Crippen LogP contribution is 2.15. The fourth-order valence-electron chi connectivity index (χ4n) is 1.91. The molecular formula is C13H17BN2O3. The zero-order valence-electron chi connectivity index (χ0n) is 11.1. The van der Waals surface area contributed by atoms with Gasteiger partial charge in [0.2, 0.25) is 0 Å². The van der Waals surface area contributed by atoms with Crippen LogP contribution in [0, 0.1) is 6.92 Å². The van der Waals surface area contributed by atoms with Crippen LogP contribution in [0.1, 0.15) is 11.3 Å². The summed E-state index contributed by atoms with van der Waals surface area (Å²) in [6, 6.07) is 7.08. The van der Waals surface area contributed by atoms with Gasteiger partial charge in [0.1, 0.15) is 5.75 Å². The monoisotopic (exact) mass is 260 g/mol. The van der Waals surface area contributed by atoms with Crippen molar-refractivity contribution in [2.24, 2.45) is 7.05 Å². The fraction of sp³-hybridized carbons (Fsp3) is 0.308. The second-order valence-electron chi connectivity index (χ2n) is 4.44. The van der Waals surface area contributed by atoms with Crippen molar-refractivity contribution in [1.82, 2.24) is 9.78 Å². The Balaban J connectivity index is 1.95. The van der Waals surface area contributed by atoms with Crippen LogP contribution in [0.25, 0.3) is 0 Å². The molecular weight excluding hydrogens is 243 g/mol. The number of aromatic nitrogens is 2. The highest BCUT2D eigenvalue weighted by molar-refractivity contribution is 6.58. The summed E-state index contributed by atoms with van der Waals surface area (Å²) in [5.74, 6) is 0.756. The smallest absolute Gasteiger partial charge is 0.488 e. The Morgan fingerprint density at radius 1 is 1.32 bits per heavy atom. The van der Waals surface area contributed by atoms with Gasteiger partial charge in [0.15, 0.2) is 0 Å². The molecule has 0 bridgehead atoms. The van der Waals surface area contributed by atoms with Gasteiger partial charge < -0.3 is 14.8 Å². The Labute approximate surface area is 112 Å². The fourth-order valence-corrected chi connectivity index (χ4v) is 1.91. The molecule has 19 heavy (non-hydrogen) atoms. The maximum atomic E-state index is 9.08. The Bertz CT molecular complexity index is 555. The number of hydrogen-bond donors (Lipinski definition) is 2. The van der Waals surface area contributed by atoms with Gasteiger partial charge in [-0.2, -0.15) is 5.10 Å². The second-order valence-corrected chi connectivity index (χ2v) is 4.44. The summed E-state index contributed by atoms with van der Waals surface area (Å²) in [4.78, 5) is 0. The van der Waals surface area contributed by atoms with E-state index < -0.39 is 7.12 Å². The summed E-state index contributed by atoms with van der Waals surface area (Å²) in [6.07, 6.45) is 2.54. The van der Waals surface area contributed by atoms with Crippen molar-refractivity contribution in [2.75, 3.05) is 6.61 Å². The van der Waals surface area contributed by atoms with E-state index in [9.17, 15) is 0 Å². The Hall–Kier alpha value is -1.79. The van der Waals surface area contributed by atoms with Crippen molar-refractivity contribution in [1.29, 1.82) is 0 Å². The zero-order chi connectivity index (χ0) is 13.8. The summed E-state index contributed by atoms with van der Waals surface area (Å²) in [5.41, 5.74) is 2.46. The van der Waals surface area contributed by atoms with E-state index in [1.54, 1.807) is 24.4 Å². The van der Waals surface area contributed by atoms with E-state index in [2.05, 4.69) is 5.10 Å². The summed E-state index contributed by atoms with van der Waals surface area (Å²) < 4.78 is 7.52. The van der Waals surface area contributed by atoms with Crippen LogP contribution in [-0.4, -0.2) is 33.6 Å². The molecule has 0 fully saturated rings. The summed E-state index contributed by atoms with van der Waals surface area (Å²) in [7, 11) is 0.458. The minimum atomic E-state index is -1.44. The largest absolute Gasteiger partial charge is 0.493 e. The van der Waals surface area contributed by atoms with Crippen LogP contribution < -0.4 is 10.2 Å². The lowest BCUT2D eigenvalue weighted by molar-refractivity contribution is 0.316. The molecule has 2 N–H and O–H groups in total. The Morgan fingerprint density at radius 2 is 2.11 bits per heavy atom. The van der Waals surface area contributed by atoms with Crippen molar-refractivity contribution < 1.29 is 14.8 Å². The minimum Gasteiger partial charge on any atom is -0.493 e.